The van der Waals surface area contributed by atoms with Gasteiger partial charge in [-0.3, -0.25) is 13.9 Å². The van der Waals surface area contributed by atoms with Crippen LogP contribution in [0.15, 0.2) is 80.7 Å². The number of esters is 1. The minimum Gasteiger partial charge on any atom is -0.505 e. The quantitative estimate of drug-likeness (QED) is 0.0740. The summed E-state index contributed by atoms with van der Waals surface area (Å²) in [6.07, 6.45) is 0.566. The summed E-state index contributed by atoms with van der Waals surface area (Å²) in [5.41, 5.74) is -0.871. The first kappa shape index (κ1) is 36.0. The van der Waals surface area contributed by atoms with Crippen LogP contribution in [0.4, 0.5) is 17.1 Å². The van der Waals surface area contributed by atoms with Crippen molar-refractivity contribution in [1.29, 1.82) is 0 Å². The number of hydrogen-bond donors (Lipinski definition) is 4. The molecule has 0 heterocycles. The third-order valence-electron chi connectivity index (χ3n) is 6.81. The fourth-order valence-corrected chi connectivity index (χ4v) is 5.52. The monoisotopic (exact) mass is 695 g/mol. The second-order valence-electron chi connectivity index (χ2n) is 10.3. The van der Waals surface area contributed by atoms with Crippen molar-refractivity contribution in [1.82, 2.24) is 0 Å². The first-order chi connectivity index (χ1) is 21.4. The summed E-state index contributed by atoms with van der Waals surface area (Å²) in [6.45, 7) is 5.32. The zero-order valence-corrected chi connectivity index (χ0v) is 27.0. The fourth-order valence-electron chi connectivity index (χ4n) is 4.14. The number of phenolic OH excluding ortho intramolecular Hbond substituents is 1. The van der Waals surface area contributed by atoms with E-state index >= 15 is 0 Å². The molecule has 4 N–H and O–H groups in total. The highest BCUT2D eigenvalue weighted by Crippen LogP contribution is 2.42. The molecular formula is C28H29N3O12S3. The summed E-state index contributed by atoms with van der Waals surface area (Å²) in [6, 6.07) is 14.5. The number of nitrogens with zero attached hydrogens (tertiary/aromatic N) is 2. The molecule has 0 saturated carbocycles. The molecule has 0 saturated heterocycles. The van der Waals surface area contributed by atoms with Crippen LogP contribution in [0.25, 0.3) is 21.5 Å². The van der Waals surface area contributed by atoms with Crippen LogP contribution < -0.4 is 5.32 Å². The number of carbonyl (C=O) groups excluding carboxylic acids is 1. The molecule has 15 nitrogen and oxygen atoms in total. The van der Waals surface area contributed by atoms with Gasteiger partial charge in [0.15, 0.2) is 5.75 Å². The molecular weight excluding hydrogens is 667 g/mol. The van der Waals surface area contributed by atoms with Gasteiger partial charge in [-0.1, -0.05) is 43.3 Å². The van der Waals surface area contributed by atoms with E-state index in [1.165, 1.54) is 24.3 Å². The van der Waals surface area contributed by atoms with Crippen molar-refractivity contribution in [3.63, 3.8) is 0 Å². The number of fused-ring (bicyclic) bond motifs is 2. The van der Waals surface area contributed by atoms with Crippen molar-refractivity contribution in [2.75, 3.05) is 18.5 Å². The Kier molecular flexibility index (Phi) is 11.2. The Morgan fingerprint density at radius 3 is 2.09 bits per heavy atom. The molecule has 0 atom stereocenters. The molecule has 4 rings (SSSR count). The lowest BCUT2D eigenvalue weighted by atomic mass is 9.91. The van der Waals surface area contributed by atoms with Gasteiger partial charge in [-0.2, -0.15) is 16.8 Å². The third kappa shape index (κ3) is 8.82. The smallest absolute Gasteiger partial charge is 0.425 e. The maximum Gasteiger partial charge on any atom is 0.425 e. The van der Waals surface area contributed by atoms with Crippen molar-refractivity contribution < 1.29 is 53.2 Å². The number of carbonyl (C=O) groups is 1. The van der Waals surface area contributed by atoms with Crippen LogP contribution in [-0.4, -0.2) is 62.8 Å². The molecule has 18 heteroatoms. The van der Waals surface area contributed by atoms with E-state index in [1.54, 1.807) is 38.1 Å². The fraction of sp³-hybridized carbons (Fsp3) is 0.250. The van der Waals surface area contributed by atoms with Gasteiger partial charge < -0.3 is 15.2 Å². The van der Waals surface area contributed by atoms with E-state index in [2.05, 4.69) is 15.5 Å². The molecule has 0 spiro atoms. The van der Waals surface area contributed by atoms with E-state index in [1.807, 2.05) is 6.92 Å². The molecule has 4 aromatic rings. The van der Waals surface area contributed by atoms with Gasteiger partial charge in [-0.15, -0.1) is 22.9 Å². The Bertz CT molecular complexity index is 2160. The number of azo groups is 1. The van der Waals surface area contributed by atoms with Gasteiger partial charge in [0.1, 0.15) is 22.9 Å². The molecule has 0 aliphatic carbocycles. The molecule has 46 heavy (non-hydrogen) atoms. The number of rotatable bonds is 10. The summed E-state index contributed by atoms with van der Waals surface area (Å²) in [7, 11) is -12.4. The lowest BCUT2D eigenvalue weighted by Gasteiger charge is -2.20. The SMILES string of the molecule is CCC(C)(C)C(=O)OCCNc1cc(S(=O)(=O)O)cc2ccc(N=Nc3ccc4ccccc4c3S(=O)(=O)O)c(O)c12.O=S(=O)=O. The summed E-state index contributed by atoms with van der Waals surface area (Å²) in [5, 5.41) is 23.2. The normalized spacial score (nSPS) is 12.1. The van der Waals surface area contributed by atoms with Crippen molar-refractivity contribution in [2.24, 2.45) is 15.6 Å². The Labute approximate surface area is 265 Å². The maximum absolute atomic E-state index is 12.3. The summed E-state index contributed by atoms with van der Waals surface area (Å²) >= 11 is 0. The highest BCUT2D eigenvalue weighted by Gasteiger charge is 2.27. The van der Waals surface area contributed by atoms with E-state index in [9.17, 15) is 35.8 Å². The van der Waals surface area contributed by atoms with E-state index in [4.69, 9.17) is 17.4 Å². The highest BCUT2D eigenvalue weighted by atomic mass is 32.2. The largest absolute Gasteiger partial charge is 0.505 e. The molecule has 0 bridgehead atoms. The van der Waals surface area contributed by atoms with Gasteiger partial charge in [-0.25, -0.2) is 0 Å². The predicted octanol–water partition coefficient (Wildman–Crippen LogP) is 4.99. The van der Waals surface area contributed by atoms with Gasteiger partial charge >= 0.3 is 16.6 Å². The minimum atomic E-state index is -4.71. The molecule has 0 radical (unpaired) electrons. The molecule has 0 fully saturated rings. The van der Waals surface area contributed by atoms with Gasteiger partial charge in [0.05, 0.1) is 10.3 Å². The van der Waals surface area contributed by atoms with Gasteiger partial charge in [-0.05, 0) is 55.3 Å². The lowest BCUT2D eigenvalue weighted by molar-refractivity contribution is -0.153. The average Bonchev–Trinajstić information content (AvgIpc) is 2.96. The number of ether oxygens (including phenoxy) is 1. The van der Waals surface area contributed by atoms with Crippen LogP contribution >= 0.6 is 0 Å². The number of nitrogens with one attached hydrogen (secondary N) is 1. The predicted molar refractivity (Wildman–Crippen MR) is 167 cm³/mol. The number of hydrogen-bond acceptors (Lipinski definition) is 13. The highest BCUT2D eigenvalue weighted by molar-refractivity contribution is 7.86. The minimum absolute atomic E-state index is 0.0373. The Morgan fingerprint density at radius 1 is 0.891 bits per heavy atom. The number of anilines is 1. The van der Waals surface area contributed by atoms with Crippen LogP contribution in [0.1, 0.15) is 27.2 Å². The Hall–Kier alpha value is -4.49. The molecule has 0 amide bonds. The second-order valence-corrected chi connectivity index (χ2v) is 13.5. The summed E-state index contributed by atoms with van der Waals surface area (Å²) in [4.78, 5) is 11.4. The van der Waals surface area contributed by atoms with Crippen LogP contribution in [0.3, 0.4) is 0 Å². The molecule has 4 aromatic carbocycles. The van der Waals surface area contributed by atoms with E-state index in [0.29, 0.717) is 11.8 Å². The number of phenols is 1. The van der Waals surface area contributed by atoms with Crippen molar-refractivity contribution in [2.45, 2.75) is 37.0 Å². The summed E-state index contributed by atoms with van der Waals surface area (Å²) < 4.78 is 98.4. The third-order valence-corrected chi connectivity index (χ3v) is 8.59. The molecule has 0 aliphatic rings. The van der Waals surface area contributed by atoms with E-state index < -0.39 is 57.8 Å². The first-order valence-electron chi connectivity index (χ1n) is 13.2. The van der Waals surface area contributed by atoms with E-state index in [0.717, 1.165) is 12.1 Å². The van der Waals surface area contributed by atoms with Gasteiger partial charge in [0, 0.05) is 23.0 Å². The van der Waals surface area contributed by atoms with Crippen molar-refractivity contribution in [3.8, 4) is 5.75 Å². The van der Waals surface area contributed by atoms with Crippen molar-refractivity contribution >= 4 is 75.4 Å². The summed E-state index contributed by atoms with van der Waals surface area (Å²) in [5.74, 6) is -0.842. The average molecular weight is 696 g/mol. The Balaban J connectivity index is 0.00000136. The van der Waals surface area contributed by atoms with E-state index in [-0.39, 0.29) is 46.4 Å². The topological polar surface area (TPSA) is 243 Å². The number of aromatic hydroxyl groups is 1. The first-order valence-corrected chi connectivity index (χ1v) is 17.1. The number of benzene rings is 4. The van der Waals surface area contributed by atoms with Crippen molar-refractivity contribution in [3.05, 3.63) is 60.7 Å². The van der Waals surface area contributed by atoms with Crippen LogP contribution in [0.5, 0.6) is 5.75 Å². The van der Waals surface area contributed by atoms with Crippen LogP contribution in [0.2, 0.25) is 0 Å². The van der Waals surface area contributed by atoms with Crippen LogP contribution in [-0.2, 0) is 40.4 Å². The molecule has 0 unspecified atom stereocenters. The second kappa shape index (κ2) is 14.3. The van der Waals surface area contributed by atoms with Gasteiger partial charge in [0.2, 0.25) is 0 Å². The molecule has 0 aromatic heterocycles. The Morgan fingerprint density at radius 2 is 1.48 bits per heavy atom. The van der Waals surface area contributed by atoms with Crippen LogP contribution in [0, 0.1) is 5.41 Å². The molecule has 246 valence electrons. The standard InChI is InChI=1S/C28H29N3O9S2.O3S/c1-4-28(2,3)27(33)40-14-13-29-23-16-19(41(34,35)36)15-18-10-11-21(25(32)24(18)23)30-31-22-12-9-17-7-5-6-8-20(17)26(22)42(37,38)39;1-4(2)3/h5-12,15-16,29,32H,4,13-14H2,1-3H3,(H,34,35,36)(H,37,38,39);. The maximum atomic E-state index is 12.3. The lowest BCUT2D eigenvalue weighted by Crippen LogP contribution is -2.27. The molecule has 0 aliphatic heterocycles. The van der Waals surface area contributed by atoms with Gasteiger partial charge in [0.25, 0.3) is 20.2 Å². The zero-order valence-electron chi connectivity index (χ0n) is 24.5. The zero-order chi connectivity index (χ0) is 34.4.